The lowest BCUT2D eigenvalue weighted by Crippen LogP contribution is -2.36. The number of amides is 1. The average molecular weight is 306 g/mol. The number of rotatable bonds is 6. The zero-order valence-electron chi connectivity index (χ0n) is 12.4. The number of carbonyl (C=O) groups excluding carboxylic acids is 1. The van der Waals surface area contributed by atoms with Gasteiger partial charge < -0.3 is 15.0 Å². The Bertz CT molecular complexity index is 468. The summed E-state index contributed by atoms with van der Waals surface area (Å²) in [5, 5.41) is 2.92. The van der Waals surface area contributed by atoms with Crippen molar-refractivity contribution in [2.75, 3.05) is 48.0 Å². The smallest absolute Gasteiger partial charge is 0.234 e. The fourth-order valence-corrected chi connectivity index (χ4v) is 2.79. The van der Waals surface area contributed by atoms with Gasteiger partial charge in [0.1, 0.15) is 0 Å². The first-order chi connectivity index (χ1) is 10.3. The van der Waals surface area contributed by atoms with Crippen LogP contribution in [0.5, 0.6) is 0 Å². The van der Waals surface area contributed by atoms with Crippen LogP contribution in [-0.2, 0) is 9.53 Å². The van der Waals surface area contributed by atoms with Gasteiger partial charge in [0, 0.05) is 30.2 Å². The van der Waals surface area contributed by atoms with Gasteiger partial charge in [-0.25, -0.2) is 0 Å². The van der Waals surface area contributed by atoms with Crippen LogP contribution in [0.3, 0.4) is 0 Å². The molecule has 0 atom stereocenters. The van der Waals surface area contributed by atoms with Gasteiger partial charge in [-0.3, -0.25) is 4.79 Å². The molecule has 1 heterocycles. The van der Waals surface area contributed by atoms with Gasteiger partial charge in [-0.15, -0.1) is 11.8 Å². The second-order valence-electron chi connectivity index (χ2n) is 4.78. The standard InChI is InChI=1S/C16H22N2O2S/c1-2-3-12-21-13-16(19)17-14-4-6-15(7-5-14)18-8-10-20-11-9-18/h2-7H,8-13H2,1H3,(H,17,19)/b3-2+. The Morgan fingerprint density at radius 3 is 2.71 bits per heavy atom. The third-order valence-corrected chi connectivity index (χ3v) is 4.10. The predicted octanol–water partition coefficient (Wildman–Crippen LogP) is 2.77. The fourth-order valence-electron chi connectivity index (χ4n) is 2.09. The number of ether oxygens (including phenoxy) is 1. The molecule has 114 valence electrons. The lowest BCUT2D eigenvalue weighted by Gasteiger charge is -2.28. The van der Waals surface area contributed by atoms with Gasteiger partial charge in [0.05, 0.1) is 19.0 Å². The lowest BCUT2D eigenvalue weighted by atomic mass is 10.2. The van der Waals surface area contributed by atoms with Crippen molar-refractivity contribution in [3.8, 4) is 0 Å². The average Bonchev–Trinajstić information content (AvgIpc) is 2.53. The summed E-state index contributed by atoms with van der Waals surface area (Å²) in [4.78, 5) is 14.1. The number of anilines is 2. The van der Waals surface area contributed by atoms with Gasteiger partial charge in [0.25, 0.3) is 0 Å². The van der Waals surface area contributed by atoms with E-state index in [2.05, 4.69) is 16.3 Å². The second kappa shape index (κ2) is 8.74. The first-order valence-electron chi connectivity index (χ1n) is 7.21. The first kappa shape index (κ1) is 15.9. The minimum atomic E-state index is 0.0450. The number of nitrogens with one attached hydrogen (secondary N) is 1. The third-order valence-electron chi connectivity index (χ3n) is 3.21. The van der Waals surface area contributed by atoms with E-state index in [0.29, 0.717) is 5.75 Å². The summed E-state index contributed by atoms with van der Waals surface area (Å²) in [7, 11) is 0. The van der Waals surface area contributed by atoms with Crippen molar-refractivity contribution >= 4 is 29.0 Å². The van der Waals surface area contributed by atoms with E-state index in [0.717, 1.165) is 37.7 Å². The summed E-state index contributed by atoms with van der Waals surface area (Å²) in [6.07, 6.45) is 4.05. The van der Waals surface area contributed by atoms with E-state index < -0.39 is 0 Å². The highest BCUT2D eigenvalue weighted by Crippen LogP contribution is 2.19. The van der Waals surface area contributed by atoms with Crippen LogP contribution in [0, 0.1) is 0 Å². The molecule has 1 aliphatic heterocycles. The highest BCUT2D eigenvalue weighted by Gasteiger charge is 2.11. The van der Waals surface area contributed by atoms with Crippen LogP contribution >= 0.6 is 11.8 Å². The Balaban J connectivity index is 1.80. The molecule has 0 radical (unpaired) electrons. The van der Waals surface area contributed by atoms with Gasteiger partial charge in [-0.05, 0) is 31.2 Å². The molecule has 0 spiro atoms. The summed E-state index contributed by atoms with van der Waals surface area (Å²) in [5.74, 6) is 1.40. The molecule has 5 heteroatoms. The summed E-state index contributed by atoms with van der Waals surface area (Å²) < 4.78 is 5.35. The van der Waals surface area contributed by atoms with Crippen LogP contribution in [0.4, 0.5) is 11.4 Å². The predicted molar refractivity (Wildman–Crippen MR) is 90.2 cm³/mol. The summed E-state index contributed by atoms with van der Waals surface area (Å²) in [6.45, 7) is 5.39. The SMILES string of the molecule is C/C=C/CSCC(=O)Nc1ccc(N2CCOCC2)cc1. The van der Waals surface area contributed by atoms with E-state index >= 15 is 0 Å². The van der Waals surface area contributed by atoms with E-state index in [9.17, 15) is 4.79 Å². The zero-order valence-corrected chi connectivity index (χ0v) is 13.2. The number of morpholine rings is 1. The molecule has 0 saturated carbocycles. The molecule has 0 aliphatic carbocycles. The maximum absolute atomic E-state index is 11.8. The highest BCUT2D eigenvalue weighted by atomic mass is 32.2. The second-order valence-corrected chi connectivity index (χ2v) is 5.81. The minimum Gasteiger partial charge on any atom is -0.378 e. The normalized spacial score (nSPS) is 15.4. The molecule has 0 aromatic heterocycles. The Kier molecular flexibility index (Phi) is 6.63. The van der Waals surface area contributed by atoms with Crippen molar-refractivity contribution in [2.45, 2.75) is 6.92 Å². The van der Waals surface area contributed by atoms with Gasteiger partial charge in [0.2, 0.25) is 5.91 Å². The van der Waals surface area contributed by atoms with Crippen molar-refractivity contribution in [2.24, 2.45) is 0 Å². The number of hydrogen-bond donors (Lipinski definition) is 1. The van der Waals surface area contributed by atoms with E-state index in [1.165, 1.54) is 5.69 Å². The van der Waals surface area contributed by atoms with Crippen LogP contribution in [0.15, 0.2) is 36.4 Å². The number of carbonyl (C=O) groups is 1. The number of hydrogen-bond acceptors (Lipinski definition) is 4. The maximum atomic E-state index is 11.8. The molecule has 0 bridgehead atoms. The Labute approximate surface area is 130 Å². The number of nitrogens with zero attached hydrogens (tertiary/aromatic N) is 1. The largest absolute Gasteiger partial charge is 0.378 e. The van der Waals surface area contributed by atoms with E-state index in [1.807, 2.05) is 37.3 Å². The quantitative estimate of drug-likeness (QED) is 0.648. The molecule has 1 saturated heterocycles. The number of benzene rings is 1. The Morgan fingerprint density at radius 1 is 1.33 bits per heavy atom. The van der Waals surface area contributed by atoms with Crippen molar-refractivity contribution in [1.29, 1.82) is 0 Å². The number of allylic oxidation sites excluding steroid dienone is 1. The molecule has 0 unspecified atom stereocenters. The molecule has 1 aromatic rings. The summed E-state index contributed by atoms with van der Waals surface area (Å²) in [6, 6.07) is 8.01. The highest BCUT2D eigenvalue weighted by molar-refractivity contribution is 8.00. The third kappa shape index (κ3) is 5.44. The topological polar surface area (TPSA) is 41.6 Å². The van der Waals surface area contributed by atoms with Crippen molar-refractivity contribution in [3.05, 3.63) is 36.4 Å². The van der Waals surface area contributed by atoms with E-state index in [1.54, 1.807) is 11.8 Å². The van der Waals surface area contributed by atoms with Crippen LogP contribution in [0.1, 0.15) is 6.92 Å². The molecule has 1 N–H and O–H groups in total. The van der Waals surface area contributed by atoms with Crippen LogP contribution in [0.25, 0.3) is 0 Å². The molecule has 2 rings (SSSR count). The van der Waals surface area contributed by atoms with Crippen molar-refractivity contribution in [1.82, 2.24) is 0 Å². The van der Waals surface area contributed by atoms with Crippen LogP contribution < -0.4 is 10.2 Å². The molecular weight excluding hydrogens is 284 g/mol. The van der Waals surface area contributed by atoms with Crippen LogP contribution in [0.2, 0.25) is 0 Å². The molecule has 1 aromatic carbocycles. The van der Waals surface area contributed by atoms with Gasteiger partial charge >= 0.3 is 0 Å². The van der Waals surface area contributed by atoms with Gasteiger partial charge in [0.15, 0.2) is 0 Å². The molecular formula is C16H22N2O2S. The summed E-state index contributed by atoms with van der Waals surface area (Å²) in [5.41, 5.74) is 2.03. The van der Waals surface area contributed by atoms with Gasteiger partial charge in [-0.1, -0.05) is 12.2 Å². The monoisotopic (exact) mass is 306 g/mol. The molecule has 1 fully saturated rings. The van der Waals surface area contributed by atoms with Crippen LogP contribution in [-0.4, -0.2) is 43.7 Å². The fraction of sp³-hybridized carbons (Fsp3) is 0.438. The van der Waals surface area contributed by atoms with Crippen molar-refractivity contribution in [3.63, 3.8) is 0 Å². The van der Waals surface area contributed by atoms with E-state index in [-0.39, 0.29) is 5.91 Å². The molecule has 21 heavy (non-hydrogen) atoms. The lowest BCUT2D eigenvalue weighted by molar-refractivity contribution is -0.113. The first-order valence-corrected chi connectivity index (χ1v) is 8.36. The van der Waals surface area contributed by atoms with Gasteiger partial charge in [-0.2, -0.15) is 0 Å². The van der Waals surface area contributed by atoms with E-state index in [4.69, 9.17) is 4.74 Å². The summed E-state index contributed by atoms with van der Waals surface area (Å²) >= 11 is 1.61. The molecule has 4 nitrogen and oxygen atoms in total. The molecule has 1 aliphatic rings. The Hall–Kier alpha value is -1.46. The number of thioether (sulfide) groups is 1. The van der Waals surface area contributed by atoms with Crippen molar-refractivity contribution < 1.29 is 9.53 Å². The maximum Gasteiger partial charge on any atom is 0.234 e. The molecule has 1 amide bonds. The minimum absolute atomic E-state index is 0.0450. The zero-order chi connectivity index (χ0) is 14.9. The Morgan fingerprint density at radius 2 is 2.05 bits per heavy atom.